The molecule has 0 bridgehead atoms. The molecule has 1 amide bonds. The molecular weight excluding hydrogens is 572 g/mol. The van der Waals surface area contributed by atoms with Crippen LogP contribution in [-0.4, -0.2) is 74.3 Å². The van der Waals surface area contributed by atoms with E-state index in [9.17, 15) is 24.6 Å². The molecule has 0 radical (unpaired) electrons. The number of nitrogens with zero attached hydrogens (tertiary/aromatic N) is 4. The lowest BCUT2D eigenvalue weighted by molar-refractivity contribution is -0.109. The Bertz CT molecular complexity index is 1470. The molecule has 13 nitrogen and oxygen atoms in total. The van der Waals surface area contributed by atoms with Gasteiger partial charge in [-0.1, -0.05) is 0 Å². The number of Topliss-reactive ketones (excluding diaryl/α,β-unsaturated/α-hetero) is 2. The minimum Gasteiger partial charge on any atom is -0.504 e. The number of hydrogen-bond acceptors (Lipinski definition) is 12. The van der Waals surface area contributed by atoms with Crippen LogP contribution in [0.15, 0.2) is 41.3 Å². The Morgan fingerprint density at radius 2 is 1.41 bits per heavy atom. The molecular formula is C25H29BrN8O5. The van der Waals surface area contributed by atoms with Crippen molar-refractivity contribution in [3.8, 4) is 11.5 Å². The second-order valence-electron chi connectivity index (χ2n) is 7.75. The van der Waals surface area contributed by atoms with Gasteiger partial charge < -0.3 is 32.3 Å². The van der Waals surface area contributed by atoms with Crippen molar-refractivity contribution >= 4 is 61.5 Å². The monoisotopic (exact) mass is 600 g/mol. The van der Waals surface area contributed by atoms with E-state index in [1.54, 1.807) is 30.5 Å². The Morgan fingerprint density at radius 1 is 0.897 bits per heavy atom. The van der Waals surface area contributed by atoms with Crippen molar-refractivity contribution in [1.82, 2.24) is 25.3 Å². The number of ketones is 2. The predicted octanol–water partition coefficient (Wildman–Crippen LogP) is 1.90. The number of carbonyl (C=O) groups excluding carboxylic acids is 3. The highest BCUT2D eigenvalue weighted by molar-refractivity contribution is 9.10. The van der Waals surface area contributed by atoms with E-state index in [2.05, 4.69) is 46.5 Å². The smallest absolute Gasteiger partial charge is 0.207 e. The van der Waals surface area contributed by atoms with E-state index in [1.165, 1.54) is 20.0 Å². The zero-order valence-electron chi connectivity index (χ0n) is 21.3. The standard InChI is InChI=1S/C13H14N4O3.C10H7BrN2O2.C2H8N2/c1-8(19)10-12(20)11-9(3-2-4-15-11)13(17-10)16-6-5-14-7-18;1-5(14)7-9(15)8-6(10(11)13-7)3-2-4-12-8;3-1-2-4/h2-4,7,20H,5-6H2,1H3,(H,14,18)(H,16,17);2-4,15H,1H3;1-4H2. The molecule has 0 fully saturated rings. The lowest BCUT2D eigenvalue weighted by atomic mass is 10.1. The maximum absolute atomic E-state index is 11.5. The molecule has 0 spiro atoms. The molecule has 206 valence electrons. The highest BCUT2D eigenvalue weighted by Gasteiger charge is 2.17. The first-order valence-electron chi connectivity index (χ1n) is 11.6. The van der Waals surface area contributed by atoms with Crippen molar-refractivity contribution in [3.05, 3.63) is 52.7 Å². The largest absolute Gasteiger partial charge is 0.504 e. The van der Waals surface area contributed by atoms with Gasteiger partial charge in [0.15, 0.2) is 34.5 Å². The van der Waals surface area contributed by atoms with E-state index in [0.717, 1.165) is 0 Å². The molecule has 0 aliphatic rings. The maximum atomic E-state index is 11.5. The summed E-state index contributed by atoms with van der Waals surface area (Å²) < 4.78 is 0.508. The number of rotatable bonds is 8. The normalized spacial score (nSPS) is 10.1. The minimum absolute atomic E-state index is 0.0259. The minimum atomic E-state index is -0.343. The van der Waals surface area contributed by atoms with Crippen molar-refractivity contribution in [3.63, 3.8) is 0 Å². The Morgan fingerprint density at radius 3 is 1.92 bits per heavy atom. The Labute approximate surface area is 232 Å². The molecule has 39 heavy (non-hydrogen) atoms. The van der Waals surface area contributed by atoms with Gasteiger partial charge in [0.1, 0.15) is 21.5 Å². The summed E-state index contributed by atoms with van der Waals surface area (Å²) in [4.78, 5) is 49.1. The summed E-state index contributed by atoms with van der Waals surface area (Å²) >= 11 is 3.24. The zero-order chi connectivity index (χ0) is 28.9. The van der Waals surface area contributed by atoms with Crippen molar-refractivity contribution in [2.75, 3.05) is 31.5 Å². The summed E-state index contributed by atoms with van der Waals surface area (Å²) in [6, 6.07) is 6.96. The number of anilines is 1. The lowest BCUT2D eigenvalue weighted by Crippen LogP contribution is -2.21. The first-order chi connectivity index (χ1) is 18.7. The van der Waals surface area contributed by atoms with Gasteiger partial charge in [-0.15, -0.1) is 0 Å². The molecule has 4 heterocycles. The Kier molecular flexibility index (Phi) is 12.1. The topological polar surface area (TPSA) is 219 Å². The Hall–Kier alpha value is -4.27. The van der Waals surface area contributed by atoms with Crippen LogP contribution in [0, 0.1) is 0 Å². The van der Waals surface area contributed by atoms with Gasteiger partial charge >= 0.3 is 0 Å². The van der Waals surface area contributed by atoms with Crippen molar-refractivity contribution < 1.29 is 24.6 Å². The first-order valence-corrected chi connectivity index (χ1v) is 12.4. The van der Waals surface area contributed by atoms with Gasteiger partial charge in [0.2, 0.25) is 6.41 Å². The van der Waals surface area contributed by atoms with E-state index < -0.39 is 0 Å². The second-order valence-corrected chi connectivity index (χ2v) is 8.50. The third-order valence-corrected chi connectivity index (χ3v) is 5.51. The number of carbonyl (C=O) groups is 3. The average molecular weight is 601 g/mol. The summed E-state index contributed by atoms with van der Waals surface area (Å²) in [7, 11) is 0. The van der Waals surface area contributed by atoms with Crippen LogP contribution in [0.1, 0.15) is 34.8 Å². The fourth-order valence-corrected chi connectivity index (χ4v) is 3.64. The molecule has 0 aromatic carbocycles. The first kappa shape index (κ1) is 31.0. The molecule has 8 N–H and O–H groups in total. The number of nitrogens with two attached hydrogens (primary N) is 2. The van der Waals surface area contributed by atoms with Crippen LogP contribution in [0.25, 0.3) is 21.8 Å². The van der Waals surface area contributed by atoms with Gasteiger partial charge in [-0.25, -0.2) is 9.97 Å². The van der Waals surface area contributed by atoms with Crippen LogP contribution < -0.4 is 22.1 Å². The highest BCUT2D eigenvalue weighted by atomic mass is 79.9. The zero-order valence-corrected chi connectivity index (χ0v) is 22.9. The molecule has 0 aliphatic heterocycles. The summed E-state index contributed by atoms with van der Waals surface area (Å²) in [6.07, 6.45) is 3.69. The molecule has 0 aliphatic carbocycles. The molecule has 0 unspecified atom stereocenters. The molecule has 4 rings (SSSR count). The number of aromatic nitrogens is 4. The maximum Gasteiger partial charge on any atom is 0.207 e. The van der Waals surface area contributed by atoms with Crippen LogP contribution in [-0.2, 0) is 4.79 Å². The van der Waals surface area contributed by atoms with Gasteiger partial charge in [0, 0.05) is 63.2 Å². The number of amides is 1. The highest BCUT2D eigenvalue weighted by Crippen LogP contribution is 2.31. The summed E-state index contributed by atoms with van der Waals surface area (Å²) in [5.74, 6) is -0.570. The molecule has 0 saturated carbocycles. The third kappa shape index (κ3) is 8.10. The number of fused-ring (bicyclic) bond motifs is 2. The SMILES string of the molecule is CC(=O)c1nc(Br)c2cccnc2c1O.CC(=O)c1nc(NCCNC=O)c2cccnc2c1O.NCCN. The van der Waals surface area contributed by atoms with E-state index in [-0.39, 0.29) is 34.5 Å². The summed E-state index contributed by atoms with van der Waals surface area (Å²) in [6.45, 7) is 4.74. The van der Waals surface area contributed by atoms with Crippen molar-refractivity contribution in [2.45, 2.75) is 13.8 Å². The summed E-state index contributed by atoms with van der Waals surface area (Å²) in [5, 5.41) is 26.6. The number of aromatic hydroxyl groups is 2. The van der Waals surface area contributed by atoms with Crippen LogP contribution >= 0.6 is 15.9 Å². The van der Waals surface area contributed by atoms with Gasteiger partial charge in [-0.3, -0.25) is 24.4 Å². The number of halogens is 1. The fraction of sp³-hybridized carbons (Fsp3) is 0.240. The number of nitrogens with one attached hydrogen (secondary N) is 2. The van der Waals surface area contributed by atoms with Crippen molar-refractivity contribution in [1.29, 1.82) is 0 Å². The quantitative estimate of drug-likeness (QED) is 0.0738. The average Bonchev–Trinajstić information content (AvgIpc) is 2.94. The van der Waals surface area contributed by atoms with E-state index in [1.807, 2.05) is 0 Å². The number of pyridine rings is 4. The second kappa shape index (κ2) is 15.2. The van der Waals surface area contributed by atoms with Crippen LogP contribution in [0.2, 0.25) is 0 Å². The molecule has 4 aromatic rings. The molecule has 14 heteroatoms. The van der Waals surface area contributed by atoms with E-state index in [0.29, 0.717) is 64.8 Å². The predicted molar refractivity (Wildman–Crippen MR) is 151 cm³/mol. The van der Waals surface area contributed by atoms with Crippen LogP contribution in [0.5, 0.6) is 11.5 Å². The van der Waals surface area contributed by atoms with Gasteiger partial charge in [-0.2, -0.15) is 0 Å². The molecule has 4 aromatic heterocycles. The molecule has 0 saturated heterocycles. The van der Waals surface area contributed by atoms with E-state index >= 15 is 0 Å². The van der Waals surface area contributed by atoms with Gasteiger partial charge in [0.25, 0.3) is 0 Å². The Balaban J connectivity index is 0.000000248. The van der Waals surface area contributed by atoms with Gasteiger partial charge in [0.05, 0.1) is 0 Å². The van der Waals surface area contributed by atoms with Crippen LogP contribution in [0.3, 0.4) is 0 Å². The van der Waals surface area contributed by atoms with Crippen LogP contribution in [0.4, 0.5) is 5.82 Å². The van der Waals surface area contributed by atoms with Crippen molar-refractivity contribution in [2.24, 2.45) is 11.5 Å². The third-order valence-electron chi connectivity index (χ3n) is 4.90. The number of hydrogen-bond donors (Lipinski definition) is 6. The van der Waals surface area contributed by atoms with Gasteiger partial charge in [-0.05, 0) is 40.2 Å². The molecule has 0 atom stereocenters. The summed E-state index contributed by atoms with van der Waals surface area (Å²) in [5.41, 5.74) is 10.5. The lowest BCUT2D eigenvalue weighted by Gasteiger charge is -2.11. The fourth-order valence-electron chi connectivity index (χ4n) is 3.14. The van der Waals surface area contributed by atoms with E-state index in [4.69, 9.17) is 11.5 Å².